The fourth-order valence-corrected chi connectivity index (χ4v) is 2.05. The van der Waals surface area contributed by atoms with E-state index in [4.69, 9.17) is 0 Å². The fraction of sp³-hybridized carbons (Fsp3) is 0.231. The largest absolute Gasteiger partial charge is 0.299 e. The Bertz CT molecular complexity index is 519. The molecule has 2 rings (SSSR count). The third-order valence-electron chi connectivity index (χ3n) is 2.61. The second kappa shape index (κ2) is 4.74. The van der Waals surface area contributed by atoms with E-state index in [1.165, 1.54) is 10.9 Å². The van der Waals surface area contributed by atoms with Crippen LogP contribution in [0.4, 0.5) is 0 Å². The molecule has 0 spiro atoms. The van der Waals surface area contributed by atoms with E-state index in [0.717, 1.165) is 11.8 Å². The number of hydrogen-bond donors (Lipinski definition) is 0. The summed E-state index contributed by atoms with van der Waals surface area (Å²) in [5, 5.41) is 2.28. The molecule has 1 heterocycles. The van der Waals surface area contributed by atoms with Crippen LogP contribution in [0.15, 0.2) is 36.7 Å². The number of benzene rings is 1. The van der Waals surface area contributed by atoms with Crippen LogP contribution < -0.4 is 0 Å². The van der Waals surface area contributed by atoms with Gasteiger partial charge in [0.2, 0.25) is 0 Å². The highest BCUT2D eigenvalue weighted by Crippen LogP contribution is 2.20. The first-order valence-corrected chi connectivity index (χ1v) is 6.06. The quantitative estimate of drug-likeness (QED) is 0.807. The highest BCUT2D eigenvalue weighted by Gasteiger charge is 2.12. The van der Waals surface area contributed by atoms with Crippen molar-refractivity contribution in [3.63, 3.8) is 0 Å². The number of alkyl halides is 1. The number of ketones is 1. The Morgan fingerprint density at radius 3 is 3.00 bits per heavy atom. The van der Waals surface area contributed by atoms with Crippen molar-refractivity contribution in [1.82, 2.24) is 4.98 Å². The fourth-order valence-electron chi connectivity index (χ4n) is 1.70. The first kappa shape index (κ1) is 11.3. The van der Waals surface area contributed by atoms with Crippen molar-refractivity contribution < 1.29 is 4.79 Å². The van der Waals surface area contributed by atoms with Crippen molar-refractivity contribution in [2.45, 2.75) is 18.2 Å². The molecule has 0 saturated carbocycles. The lowest BCUT2D eigenvalue weighted by Gasteiger charge is -2.08. The Kier molecular flexibility index (Phi) is 3.34. The summed E-state index contributed by atoms with van der Waals surface area (Å²) in [7, 11) is 0. The summed E-state index contributed by atoms with van der Waals surface area (Å²) in [6.45, 7) is 1.60. The van der Waals surface area contributed by atoms with E-state index in [0.29, 0.717) is 0 Å². The summed E-state index contributed by atoms with van der Waals surface area (Å²) >= 11 is 3.40. The highest BCUT2D eigenvalue weighted by molar-refractivity contribution is 9.10. The van der Waals surface area contributed by atoms with Crippen molar-refractivity contribution in [3.8, 4) is 0 Å². The lowest BCUT2D eigenvalue weighted by molar-refractivity contribution is -0.116. The predicted octanol–water partition coefficient (Wildman–Crippen LogP) is 3.13. The van der Waals surface area contributed by atoms with Crippen LogP contribution in [0.5, 0.6) is 0 Å². The van der Waals surface area contributed by atoms with Crippen LogP contribution in [0.3, 0.4) is 0 Å². The third kappa shape index (κ3) is 2.30. The van der Waals surface area contributed by atoms with E-state index < -0.39 is 0 Å². The van der Waals surface area contributed by atoms with E-state index in [-0.39, 0.29) is 10.6 Å². The minimum atomic E-state index is -0.105. The number of pyridine rings is 1. The minimum absolute atomic E-state index is 0.105. The van der Waals surface area contributed by atoms with Crippen LogP contribution >= 0.6 is 15.9 Å². The van der Waals surface area contributed by atoms with Gasteiger partial charge in [-0.1, -0.05) is 34.1 Å². The Hall–Kier alpha value is -1.22. The van der Waals surface area contributed by atoms with Gasteiger partial charge in [0.1, 0.15) is 5.78 Å². The van der Waals surface area contributed by atoms with Gasteiger partial charge in [0.05, 0.1) is 4.83 Å². The van der Waals surface area contributed by atoms with E-state index in [1.807, 2.05) is 24.4 Å². The SMILES string of the molecule is CC(=O)C(Br)Cc1cccc2cnccc12. The zero-order chi connectivity index (χ0) is 11.5. The molecule has 0 N–H and O–H groups in total. The number of nitrogens with zero attached hydrogens (tertiary/aromatic N) is 1. The molecule has 0 aliphatic heterocycles. The summed E-state index contributed by atoms with van der Waals surface area (Å²) in [6.07, 6.45) is 4.34. The van der Waals surface area contributed by atoms with Crippen LogP contribution in [0.1, 0.15) is 12.5 Å². The summed E-state index contributed by atoms with van der Waals surface area (Å²) < 4.78 is 0. The van der Waals surface area contributed by atoms with Gasteiger partial charge in [0, 0.05) is 17.8 Å². The second-order valence-corrected chi connectivity index (χ2v) is 4.90. The van der Waals surface area contributed by atoms with Gasteiger partial charge in [-0.3, -0.25) is 9.78 Å². The van der Waals surface area contributed by atoms with Gasteiger partial charge in [-0.25, -0.2) is 0 Å². The normalized spacial score (nSPS) is 12.6. The lowest BCUT2D eigenvalue weighted by Crippen LogP contribution is -2.12. The summed E-state index contributed by atoms with van der Waals surface area (Å²) in [5.74, 6) is 0.158. The molecule has 82 valence electrons. The van der Waals surface area contributed by atoms with Crippen molar-refractivity contribution in [1.29, 1.82) is 0 Å². The van der Waals surface area contributed by atoms with Crippen LogP contribution in [-0.2, 0) is 11.2 Å². The van der Waals surface area contributed by atoms with E-state index >= 15 is 0 Å². The predicted molar refractivity (Wildman–Crippen MR) is 68.8 cm³/mol. The Balaban J connectivity index is 2.41. The number of halogens is 1. The number of carbonyl (C=O) groups excluding carboxylic acids is 1. The number of aromatic nitrogens is 1. The third-order valence-corrected chi connectivity index (χ3v) is 3.58. The highest BCUT2D eigenvalue weighted by atomic mass is 79.9. The van der Waals surface area contributed by atoms with Gasteiger partial charge >= 0.3 is 0 Å². The maximum Gasteiger partial charge on any atom is 0.143 e. The monoisotopic (exact) mass is 277 g/mol. The molecule has 0 fully saturated rings. The molecule has 0 bridgehead atoms. The van der Waals surface area contributed by atoms with E-state index in [9.17, 15) is 4.79 Å². The van der Waals surface area contributed by atoms with Gasteiger partial charge < -0.3 is 0 Å². The van der Waals surface area contributed by atoms with Crippen molar-refractivity contribution >= 4 is 32.5 Å². The van der Waals surface area contributed by atoms with Crippen molar-refractivity contribution in [2.24, 2.45) is 0 Å². The molecular weight excluding hydrogens is 266 g/mol. The molecule has 2 nitrogen and oxygen atoms in total. The van der Waals surface area contributed by atoms with Crippen molar-refractivity contribution in [2.75, 3.05) is 0 Å². The number of rotatable bonds is 3. The summed E-state index contributed by atoms with van der Waals surface area (Å²) in [4.78, 5) is 15.2. The van der Waals surface area contributed by atoms with Gasteiger partial charge in [-0.05, 0) is 30.4 Å². The zero-order valence-electron chi connectivity index (χ0n) is 8.98. The van der Waals surface area contributed by atoms with Crippen LogP contribution in [-0.4, -0.2) is 15.6 Å². The number of fused-ring (bicyclic) bond motifs is 1. The molecule has 0 amide bonds. The van der Waals surface area contributed by atoms with Gasteiger partial charge in [-0.2, -0.15) is 0 Å². The molecule has 2 aromatic rings. The number of carbonyl (C=O) groups is 1. The molecule has 1 atom stereocenters. The molecule has 16 heavy (non-hydrogen) atoms. The molecule has 1 aromatic heterocycles. The maximum atomic E-state index is 11.2. The second-order valence-electron chi connectivity index (χ2n) is 3.80. The van der Waals surface area contributed by atoms with E-state index in [2.05, 4.69) is 27.0 Å². The molecule has 0 aliphatic rings. The van der Waals surface area contributed by atoms with Gasteiger partial charge in [0.15, 0.2) is 0 Å². The van der Waals surface area contributed by atoms with Gasteiger partial charge in [-0.15, -0.1) is 0 Å². The van der Waals surface area contributed by atoms with Crippen LogP contribution in [0.2, 0.25) is 0 Å². The Morgan fingerprint density at radius 1 is 1.44 bits per heavy atom. The average molecular weight is 278 g/mol. The first-order chi connectivity index (χ1) is 7.68. The zero-order valence-corrected chi connectivity index (χ0v) is 10.6. The topological polar surface area (TPSA) is 30.0 Å². The van der Waals surface area contributed by atoms with E-state index in [1.54, 1.807) is 13.1 Å². The Labute approximate surface area is 103 Å². The minimum Gasteiger partial charge on any atom is -0.299 e. The molecule has 1 aromatic carbocycles. The number of Topliss-reactive ketones (excluding diaryl/α,β-unsaturated/α-hetero) is 1. The lowest BCUT2D eigenvalue weighted by atomic mass is 10.0. The smallest absolute Gasteiger partial charge is 0.143 e. The molecule has 0 aliphatic carbocycles. The maximum absolute atomic E-state index is 11.2. The molecular formula is C13H12BrNO. The van der Waals surface area contributed by atoms with Crippen LogP contribution in [0.25, 0.3) is 10.8 Å². The molecule has 0 saturated heterocycles. The van der Waals surface area contributed by atoms with Crippen LogP contribution in [0, 0.1) is 0 Å². The Morgan fingerprint density at radius 2 is 2.25 bits per heavy atom. The average Bonchev–Trinajstić information content (AvgIpc) is 2.29. The summed E-state index contributed by atoms with van der Waals surface area (Å²) in [5.41, 5.74) is 1.18. The van der Waals surface area contributed by atoms with Gasteiger partial charge in [0.25, 0.3) is 0 Å². The standard InChI is InChI=1S/C13H12BrNO/c1-9(16)13(14)7-10-3-2-4-11-8-15-6-5-12(10)11/h2-6,8,13H,7H2,1H3. The number of hydrogen-bond acceptors (Lipinski definition) is 2. The molecule has 0 radical (unpaired) electrons. The first-order valence-electron chi connectivity index (χ1n) is 5.14. The van der Waals surface area contributed by atoms with Crippen molar-refractivity contribution in [3.05, 3.63) is 42.2 Å². The summed E-state index contributed by atoms with van der Waals surface area (Å²) in [6, 6.07) is 8.08. The molecule has 3 heteroatoms. The molecule has 1 unspecified atom stereocenters.